The fraction of sp³-hybridized carbons (Fsp3) is 0.667. The Labute approximate surface area is 119 Å². The van der Waals surface area contributed by atoms with Gasteiger partial charge in [0.1, 0.15) is 6.17 Å². The molecule has 2 unspecified atom stereocenters. The number of carbonyl (C=O) groups excluding carboxylic acids is 1. The van der Waals surface area contributed by atoms with Crippen LogP contribution in [0.3, 0.4) is 0 Å². The minimum atomic E-state index is -0.00595. The van der Waals surface area contributed by atoms with Crippen LogP contribution in [0.2, 0.25) is 0 Å². The Morgan fingerprint density at radius 3 is 2.84 bits per heavy atom. The number of amides is 1. The largest absolute Gasteiger partial charge is 0.321 e. The van der Waals surface area contributed by atoms with Crippen LogP contribution in [0.25, 0.3) is 0 Å². The molecule has 0 bridgehead atoms. The molecule has 1 aliphatic heterocycles. The van der Waals surface area contributed by atoms with E-state index in [1.165, 1.54) is 24.8 Å². The van der Waals surface area contributed by atoms with Gasteiger partial charge in [0.2, 0.25) is 5.91 Å². The third kappa shape index (κ3) is 2.32. The van der Waals surface area contributed by atoms with Crippen molar-refractivity contribution in [2.24, 2.45) is 5.41 Å². The number of rotatable bonds is 4. The standard InChI is InChI=1S/C15H22N2OS/c1-3-12-14(18)17(10-15(2)6-4-7-15)13(16-12)11-5-8-19-9-11/h5,8-9,12-13,16H,3-4,6-7,10H2,1-2H3. The first-order chi connectivity index (χ1) is 9.13. The number of hydrogen-bond acceptors (Lipinski definition) is 3. The predicted octanol–water partition coefficient (Wildman–Crippen LogP) is 3.15. The molecule has 104 valence electrons. The fourth-order valence-corrected chi connectivity index (χ4v) is 3.88. The second kappa shape index (κ2) is 4.91. The summed E-state index contributed by atoms with van der Waals surface area (Å²) in [6.07, 6.45) is 4.77. The third-order valence-electron chi connectivity index (χ3n) is 4.63. The summed E-state index contributed by atoms with van der Waals surface area (Å²) in [6, 6.07) is 2.12. The molecule has 2 heterocycles. The van der Waals surface area contributed by atoms with Gasteiger partial charge in [-0.1, -0.05) is 20.3 Å². The molecule has 3 rings (SSSR count). The zero-order valence-corrected chi connectivity index (χ0v) is 12.5. The Morgan fingerprint density at radius 2 is 2.32 bits per heavy atom. The molecule has 19 heavy (non-hydrogen) atoms. The lowest BCUT2D eigenvalue weighted by Crippen LogP contribution is -2.43. The highest BCUT2D eigenvalue weighted by Gasteiger charge is 2.43. The molecular formula is C15H22N2OS. The molecule has 1 aromatic rings. The molecule has 2 fully saturated rings. The highest BCUT2D eigenvalue weighted by molar-refractivity contribution is 7.07. The van der Waals surface area contributed by atoms with Crippen LogP contribution in [0.4, 0.5) is 0 Å². The van der Waals surface area contributed by atoms with Gasteiger partial charge in [-0.05, 0) is 47.1 Å². The van der Waals surface area contributed by atoms with E-state index < -0.39 is 0 Å². The number of carbonyl (C=O) groups is 1. The summed E-state index contributed by atoms with van der Waals surface area (Å²) in [5, 5.41) is 7.74. The van der Waals surface area contributed by atoms with Crippen LogP contribution in [-0.2, 0) is 4.79 Å². The molecule has 0 aromatic carbocycles. The fourth-order valence-electron chi connectivity index (χ4n) is 3.20. The van der Waals surface area contributed by atoms with E-state index in [0.717, 1.165) is 13.0 Å². The van der Waals surface area contributed by atoms with E-state index in [0.29, 0.717) is 5.41 Å². The van der Waals surface area contributed by atoms with Crippen LogP contribution in [0.5, 0.6) is 0 Å². The van der Waals surface area contributed by atoms with Gasteiger partial charge in [-0.15, -0.1) is 0 Å². The third-order valence-corrected chi connectivity index (χ3v) is 5.33. The molecule has 1 saturated carbocycles. The molecule has 3 nitrogen and oxygen atoms in total. The summed E-state index contributed by atoms with van der Waals surface area (Å²) in [5.74, 6) is 0.284. The second-order valence-corrected chi connectivity index (χ2v) is 7.00. The van der Waals surface area contributed by atoms with Crippen molar-refractivity contribution < 1.29 is 4.79 Å². The summed E-state index contributed by atoms with van der Waals surface area (Å²) in [4.78, 5) is 14.6. The lowest BCUT2D eigenvalue weighted by Gasteiger charge is -2.42. The average Bonchev–Trinajstić information content (AvgIpc) is 2.97. The highest BCUT2D eigenvalue weighted by Crippen LogP contribution is 2.43. The van der Waals surface area contributed by atoms with E-state index in [9.17, 15) is 4.79 Å². The Bertz CT molecular complexity index is 453. The van der Waals surface area contributed by atoms with Crippen LogP contribution in [-0.4, -0.2) is 23.4 Å². The molecule has 1 aliphatic carbocycles. The Hall–Kier alpha value is -0.870. The molecule has 4 heteroatoms. The SMILES string of the molecule is CCC1NC(c2ccsc2)N(CC2(C)CCC2)C1=O. The van der Waals surface area contributed by atoms with Gasteiger partial charge in [-0.25, -0.2) is 0 Å². The number of nitrogens with one attached hydrogen (secondary N) is 1. The first-order valence-electron chi connectivity index (χ1n) is 7.21. The molecular weight excluding hydrogens is 256 g/mol. The van der Waals surface area contributed by atoms with Gasteiger partial charge in [0.05, 0.1) is 6.04 Å². The van der Waals surface area contributed by atoms with Crippen molar-refractivity contribution >= 4 is 17.2 Å². The van der Waals surface area contributed by atoms with E-state index in [4.69, 9.17) is 0 Å². The Balaban J connectivity index is 1.82. The summed E-state index contributed by atoms with van der Waals surface area (Å²) >= 11 is 1.70. The van der Waals surface area contributed by atoms with Crippen molar-refractivity contribution in [1.82, 2.24) is 10.2 Å². The van der Waals surface area contributed by atoms with E-state index in [1.807, 2.05) is 0 Å². The minimum Gasteiger partial charge on any atom is -0.321 e. The van der Waals surface area contributed by atoms with Gasteiger partial charge in [-0.2, -0.15) is 11.3 Å². The smallest absolute Gasteiger partial charge is 0.241 e. The molecule has 1 aromatic heterocycles. The lowest BCUT2D eigenvalue weighted by molar-refractivity contribution is -0.132. The first-order valence-corrected chi connectivity index (χ1v) is 8.16. The molecule has 0 spiro atoms. The zero-order chi connectivity index (χ0) is 13.5. The van der Waals surface area contributed by atoms with Crippen LogP contribution in [0, 0.1) is 5.41 Å². The lowest BCUT2D eigenvalue weighted by atomic mass is 9.70. The van der Waals surface area contributed by atoms with E-state index in [-0.39, 0.29) is 18.1 Å². The molecule has 1 saturated heterocycles. The molecule has 2 aliphatic rings. The average molecular weight is 278 g/mol. The van der Waals surface area contributed by atoms with Crippen molar-refractivity contribution in [3.8, 4) is 0 Å². The number of hydrogen-bond donors (Lipinski definition) is 1. The van der Waals surface area contributed by atoms with Gasteiger partial charge in [0.25, 0.3) is 0 Å². The normalized spacial score (nSPS) is 29.6. The Morgan fingerprint density at radius 1 is 1.53 bits per heavy atom. The van der Waals surface area contributed by atoms with Crippen LogP contribution < -0.4 is 5.32 Å². The number of nitrogens with zero attached hydrogens (tertiary/aromatic N) is 1. The molecule has 2 atom stereocenters. The van der Waals surface area contributed by atoms with Crippen molar-refractivity contribution in [2.45, 2.75) is 51.7 Å². The predicted molar refractivity (Wildman–Crippen MR) is 77.9 cm³/mol. The highest BCUT2D eigenvalue weighted by atomic mass is 32.1. The summed E-state index contributed by atoms with van der Waals surface area (Å²) < 4.78 is 0. The van der Waals surface area contributed by atoms with E-state index in [2.05, 4.69) is 40.9 Å². The topological polar surface area (TPSA) is 32.3 Å². The van der Waals surface area contributed by atoms with Crippen molar-refractivity contribution in [3.63, 3.8) is 0 Å². The summed E-state index contributed by atoms with van der Waals surface area (Å²) in [5.41, 5.74) is 1.58. The summed E-state index contributed by atoms with van der Waals surface area (Å²) in [6.45, 7) is 5.29. The zero-order valence-electron chi connectivity index (χ0n) is 11.7. The van der Waals surface area contributed by atoms with E-state index in [1.54, 1.807) is 11.3 Å². The summed E-state index contributed by atoms with van der Waals surface area (Å²) in [7, 11) is 0. The van der Waals surface area contributed by atoms with Crippen LogP contribution >= 0.6 is 11.3 Å². The molecule has 0 radical (unpaired) electrons. The minimum absolute atomic E-state index is 0.00595. The van der Waals surface area contributed by atoms with Gasteiger partial charge in [0.15, 0.2) is 0 Å². The van der Waals surface area contributed by atoms with Gasteiger partial charge in [-0.3, -0.25) is 10.1 Å². The van der Waals surface area contributed by atoms with Gasteiger partial charge in [0, 0.05) is 6.54 Å². The molecule has 1 N–H and O–H groups in total. The first kappa shape index (κ1) is 13.1. The van der Waals surface area contributed by atoms with Gasteiger partial charge >= 0.3 is 0 Å². The van der Waals surface area contributed by atoms with E-state index >= 15 is 0 Å². The van der Waals surface area contributed by atoms with Crippen molar-refractivity contribution in [2.75, 3.05) is 6.54 Å². The maximum atomic E-state index is 12.5. The quantitative estimate of drug-likeness (QED) is 0.917. The Kier molecular flexibility index (Phi) is 3.39. The molecule has 1 amide bonds. The maximum absolute atomic E-state index is 12.5. The van der Waals surface area contributed by atoms with Crippen LogP contribution in [0.1, 0.15) is 51.3 Å². The van der Waals surface area contributed by atoms with Crippen molar-refractivity contribution in [1.29, 1.82) is 0 Å². The maximum Gasteiger partial charge on any atom is 0.241 e. The monoisotopic (exact) mass is 278 g/mol. The van der Waals surface area contributed by atoms with Crippen LogP contribution in [0.15, 0.2) is 16.8 Å². The van der Waals surface area contributed by atoms with Gasteiger partial charge < -0.3 is 4.90 Å². The second-order valence-electron chi connectivity index (χ2n) is 6.22. The van der Waals surface area contributed by atoms with Crippen molar-refractivity contribution in [3.05, 3.63) is 22.4 Å². The number of thiophene rings is 1.